The van der Waals surface area contributed by atoms with Gasteiger partial charge in [-0.2, -0.15) is 5.26 Å². The summed E-state index contributed by atoms with van der Waals surface area (Å²) in [6, 6.07) is 7.82. The van der Waals surface area contributed by atoms with Crippen LogP contribution in [0.2, 0.25) is 0 Å². The summed E-state index contributed by atoms with van der Waals surface area (Å²) >= 11 is 0. The van der Waals surface area contributed by atoms with E-state index in [1.807, 2.05) is 6.92 Å². The molecule has 1 aromatic carbocycles. The minimum absolute atomic E-state index is 0.0839. The van der Waals surface area contributed by atoms with E-state index in [0.717, 1.165) is 12.8 Å². The zero-order valence-corrected chi connectivity index (χ0v) is 10.7. The van der Waals surface area contributed by atoms with Crippen LogP contribution in [0.4, 0.5) is 10.1 Å². The van der Waals surface area contributed by atoms with Gasteiger partial charge in [-0.25, -0.2) is 4.39 Å². The van der Waals surface area contributed by atoms with Gasteiger partial charge in [0.05, 0.1) is 5.69 Å². The van der Waals surface area contributed by atoms with Gasteiger partial charge in [-0.3, -0.25) is 4.79 Å². The first kappa shape index (κ1) is 14.7. The lowest BCUT2D eigenvalue weighted by Crippen LogP contribution is -2.25. The highest BCUT2D eigenvalue weighted by atomic mass is 19.1. The van der Waals surface area contributed by atoms with Crippen molar-refractivity contribution in [2.75, 3.05) is 11.9 Å². The van der Waals surface area contributed by atoms with Crippen LogP contribution in [0.15, 0.2) is 36.0 Å². The van der Waals surface area contributed by atoms with Crippen molar-refractivity contribution in [2.45, 2.75) is 19.8 Å². The monoisotopic (exact) mass is 261 g/mol. The lowest BCUT2D eigenvalue weighted by molar-refractivity contribution is -0.117. The Morgan fingerprint density at radius 1 is 1.47 bits per heavy atom. The first-order chi connectivity index (χ1) is 9.19. The number of hydrogen-bond donors (Lipinski definition) is 2. The highest BCUT2D eigenvalue weighted by Crippen LogP contribution is 2.12. The molecule has 0 aliphatic heterocycles. The lowest BCUT2D eigenvalue weighted by Gasteiger charge is -2.05. The molecule has 0 fully saturated rings. The number of carbonyl (C=O) groups excluding carboxylic acids is 1. The second kappa shape index (κ2) is 7.88. The van der Waals surface area contributed by atoms with Crippen molar-refractivity contribution in [1.82, 2.24) is 5.32 Å². The number of unbranched alkanes of at least 4 members (excludes halogenated alkanes) is 1. The predicted molar refractivity (Wildman–Crippen MR) is 71.6 cm³/mol. The summed E-state index contributed by atoms with van der Waals surface area (Å²) in [6.07, 6.45) is 3.02. The molecule has 0 spiro atoms. The number of carbonyl (C=O) groups is 1. The molecule has 0 saturated heterocycles. The molecule has 0 atom stereocenters. The van der Waals surface area contributed by atoms with Gasteiger partial charge >= 0.3 is 0 Å². The van der Waals surface area contributed by atoms with E-state index in [0.29, 0.717) is 6.54 Å². The van der Waals surface area contributed by atoms with Gasteiger partial charge in [-0.05, 0) is 18.6 Å². The first-order valence-corrected chi connectivity index (χ1v) is 6.08. The number of benzene rings is 1. The summed E-state index contributed by atoms with van der Waals surface area (Å²) in [5, 5.41) is 14.1. The van der Waals surface area contributed by atoms with Gasteiger partial charge in [0.2, 0.25) is 0 Å². The second-order valence-corrected chi connectivity index (χ2v) is 3.90. The number of nitrogens with zero attached hydrogens (tertiary/aromatic N) is 1. The molecule has 0 aliphatic carbocycles. The first-order valence-electron chi connectivity index (χ1n) is 6.08. The van der Waals surface area contributed by atoms with Crippen molar-refractivity contribution < 1.29 is 9.18 Å². The van der Waals surface area contributed by atoms with Crippen molar-refractivity contribution in [2.24, 2.45) is 0 Å². The Morgan fingerprint density at radius 3 is 2.84 bits per heavy atom. The highest BCUT2D eigenvalue weighted by Gasteiger charge is 2.08. The quantitative estimate of drug-likeness (QED) is 0.470. The fourth-order valence-electron chi connectivity index (χ4n) is 1.35. The molecule has 100 valence electrons. The minimum atomic E-state index is -0.459. The molecule has 1 aromatic rings. The molecular formula is C14H16FN3O. The van der Waals surface area contributed by atoms with Crippen LogP contribution < -0.4 is 10.6 Å². The van der Waals surface area contributed by atoms with E-state index in [-0.39, 0.29) is 11.3 Å². The predicted octanol–water partition coefficient (Wildman–Crippen LogP) is 2.56. The van der Waals surface area contributed by atoms with E-state index in [4.69, 9.17) is 5.26 Å². The molecule has 4 nitrogen and oxygen atoms in total. The third kappa shape index (κ3) is 4.80. The van der Waals surface area contributed by atoms with Crippen molar-refractivity contribution in [3.63, 3.8) is 0 Å². The van der Waals surface area contributed by atoms with Crippen LogP contribution in [0.25, 0.3) is 0 Å². The van der Waals surface area contributed by atoms with Crippen LogP contribution in [-0.4, -0.2) is 12.5 Å². The van der Waals surface area contributed by atoms with E-state index >= 15 is 0 Å². The Morgan fingerprint density at radius 2 is 2.21 bits per heavy atom. The Kier molecular flexibility index (Phi) is 6.10. The van der Waals surface area contributed by atoms with Crippen LogP contribution in [0.1, 0.15) is 19.8 Å². The third-order valence-corrected chi connectivity index (χ3v) is 2.43. The summed E-state index contributed by atoms with van der Waals surface area (Å²) in [7, 11) is 0. The Balaban J connectivity index is 2.65. The van der Waals surface area contributed by atoms with Gasteiger partial charge in [-0.15, -0.1) is 0 Å². The molecule has 0 heterocycles. The molecule has 0 saturated carbocycles. The van der Waals surface area contributed by atoms with Gasteiger partial charge in [0, 0.05) is 12.7 Å². The van der Waals surface area contributed by atoms with E-state index in [2.05, 4.69) is 10.6 Å². The number of amides is 1. The molecule has 0 bridgehead atoms. The van der Waals surface area contributed by atoms with E-state index in [1.54, 1.807) is 18.2 Å². The number of nitrogens with one attached hydrogen (secondary N) is 2. The number of rotatable bonds is 6. The zero-order chi connectivity index (χ0) is 14.1. The molecule has 0 aromatic heterocycles. The van der Waals surface area contributed by atoms with Crippen molar-refractivity contribution in [1.29, 1.82) is 5.26 Å². The lowest BCUT2D eigenvalue weighted by atomic mass is 10.2. The number of hydrogen-bond acceptors (Lipinski definition) is 3. The maximum atomic E-state index is 13.3. The normalized spacial score (nSPS) is 10.7. The summed E-state index contributed by atoms with van der Waals surface area (Å²) < 4.78 is 13.3. The van der Waals surface area contributed by atoms with Gasteiger partial charge in [0.25, 0.3) is 5.91 Å². The van der Waals surface area contributed by atoms with Gasteiger partial charge in [0.15, 0.2) is 0 Å². The number of para-hydroxylation sites is 1. The SMILES string of the molecule is CCCCNC(=O)/C(C#N)=C\Nc1ccccc1F. The van der Waals surface area contributed by atoms with Crippen LogP contribution in [-0.2, 0) is 4.79 Å². The summed E-state index contributed by atoms with van der Waals surface area (Å²) in [4.78, 5) is 11.6. The summed E-state index contributed by atoms with van der Waals surface area (Å²) in [5.74, 6) is -0.901. The second-order valence-electron chi connectivity index (χ2n) is 3.90. The fraction of sp³-hybridized carbons (Fsp3) is 0.286. The van der Waals surface area contributed by atoms with Gasteiger partial charge in [-0.1, -0.05) is 25.5 Å². The fourth-order valence-corrected chi connectivity index (χ4v) is 1.35. The number of anilines is 1. The van der Waals surface area contributed by atoms with Crippen molar-refractivity contribution in [3.05, 3.63) is 41.9 Å². The van der Waals surface area contributed by atoms with Crippen LogP contribution in [0.5, 0.6) is 0 Å². The molecule has 19 heavy (non-hydrogen) atoms. The molecule has 0 radical (unpaired) electrons. The van der Waals surface area contributed by atoms with Crippen LogP contribution >= 0.6 is 0 Å². The Bertz CT molecular complexity index is 506. The highest BCUT2D eigenvalue weighted by molar-refractivity contribution is 5.97. The summed E-state index contributed by atoms with van der Waals surface area (Å²) in [5.41, 5.74) is 0.135. The Labute approximate surface area is 111 Å². The minimum Gasteiger partial charge on any atom is -0.358 e. The molecule has 5 heteroatoms. The smallest absolute Gasteiger partial charge is 0.263 e. The molecule has 0 unspecified atom stereocenters. The summed E-state index contributed by atoms with van der Waals surface area (Å²) in [6.45, 7) is 2.53. The number of halogens is 1. The molecule has 0 aliphatic rings. The zero-order valence-electron chi connectivity index (χ0n) is 10.7. The number of nitriles is 1. The van der Waals surface area contributed by atoms with E-state index in [1.165, 1.54) is 18.3 Å². The van der Waals surface area contributed by atoms with Crippen LogP contribution in [0, 0.1) is 17.1 Å². The largest absolute Gasteiger partial charge is 0.358 e. The molecule has 1 amide bonds. The maximum Gasteiger partial charge on any atom is 0.263 e. The molecular weight excluding hydrogens is 245 g/mol. The van der Waals surface area contributed by atoms with E-state index < -0.39 is 11.7 Å². The average molecular weight is 261 g/mol. The van der Waals surface area contributed by atoms with Crippen LogP contribution in [0.3, 0.4) is 0 Å². The molecule has 2 N–H and O–H groups in total. The standard InChI is InChI=1S/C14H16FN3O/c1-2-3-8-17-14(19)11(9-16)10-18-13-7-5-4-6-12(13)15/h4-7,10,18H,2-3,8H2,1H3,(H,17,19)/b11-10-. The van der Waals surface area contributed by atoms with Gasteiger partial charge < -0.3 is 10.6 Å². The van der Waals surface area contributed by atoms with Crippen molar-refractivity contribution >= 4 is 11.6 Å². The maximum absolute atomic E-state index is 13.3. The average Bonchev–Trinajstić information content (AvgIpc) is 2.41. The van der Waals surface area contributed by atoms with Gasteiger partial charge in [0.1, 0.15) is 17.5 Å². The topological polar surface area (TPSA) is 64.9 Å². The third-order valence-electron chi connectivity index (χ3n) is 2.43. The van der Waals surface area contributed by atoms with Crippen molar-refractivity contribution in [3.8, 4) is 6.07 Å². The van der Waals surface area contributed by atoms with E-state index in [9.17, 15) is 9.18 Å². The molecule has 1 rings (SSSR count). The Hall–Kier alpha value is -2.35.